The number of nitrogens with zero attached hydrogens (tertiary/aromatic N) is 1. The van der Waals surface area contributed by atoms with Crippen LogP contribution >= 0.6 is 0 Å². The van der Waals surface area contributed by atoms with Gasteiger partial charge < -0.3 is 4.90 Å². The zero-order chi connectivity index (χ0) is 11.1. The van der Waals surface area contributed by atoms with Gasteiger partial charge in [0.1, 0.15) is 0 Å². The maximum Gasteiger partial charge on any atom is 0.219 e. The number of allylic oxidation sites excluding steroid dienone is 3. The average Bonchev–Trinajstić information content (AvgIpc) is 2.25. The lowest BCUT2D eigenvalue weighted by Gasteiger charge is -2.17. The molecule has 2 heteroatoms. The minimum Gasteiger partial charge on any atom is -0.340 e. The molecular formula is C13H21NO. The average molecular weight is 207 g/mol. The Hall–Kier alpha value is -1.05. The SMILES string of the molecule is CCN(C/C=C/C1CC=CCC1)C(C)=O. The van der Waals surface area contributed by atoms with E-state index in [1.54, 1.807) is 6.92 Å². The fourth-order valence-electron chi connectivity index (χ4n) is 1.85. The Morgan fingerprint density at radius 1 is 1.53 bits per heavy atom. The van der Waals surface area contributed by atoms with Crippen molar-refractivity contribution in [3.8, 4) is 0 Å². The predicted octanol–water partition coefficient (Wildman–Crippen LogP) is 2.77. The second-order valence-corrected chi connectivity index (χ2v) is 4.03. The van der Waals surface area contributed by atoms with Gasteiger partial charge in [-0.3, -0.25) is 4.79 Å². The Labute approximate surface area is 92.7 Å². The van der Waals surface area contributed by atoms with E-state index in [0.717, 1.165) is 19.5 Å². The van der Waals surface area contributed by atoms with Crippen LogP contribution in [0.1, 0.15) is 33.1 Å². The Morgan fingerprint density at radius 3 is 2.87 bits per heavy atom. The van der Waals surface area contributed by atoms with E-state index in [2.05, 4.69) is 24.3 Å². The third kappa shape index (κ3) is 4.32. The van der Waals surface area contributed by atoms with Crippen molar-refractivity contribution in [2.24, 2.45) is 5.92 Å². The predicted molar refractivity (Wildman–Crippen MR) is 63.5 cm³/mol. The van der Waals surface area contributed by atoms with Gasteiger partial charge >= 0.3 is 0 Å². The lowest BCUT2D eigenvalue weighted by Crippen LogP contribution is -2.28. The zero-order valence-electron chi connectivity index (χ0n) is 9.78. The van der Waals surface area contributed by atoms with Crippen molar-refractivity contribution in [2.75, 3.05) is 13.1 Å². The standard InChI is InChI=1S/C13H21NO/c1-3-14(12(2)15)11-7-10-13-8-5-4-6-9-13/h4-5,7,10,13H,3,6,8-9,11H2,1-2H3/b10-7+. The molecule has 1 atom stereocenters. The topological polar surface area (TPSA) is 20.3 Å². The number of amides is 1. The Morgan fingerprint density at radius 2 is 2.33 bits per heavy atom. The molecule has 0 aromatic carbocycles. The summed E-state index contributed by atoms with van der Waals surface area (Å²) in [5, 5.41) is 0. The summed E-state index contributed by atoms with van der Waals surface area (Å²) in [6.45, 7) is 5.19. The third-order valence-electron chi connectivity index (χ3n) is 2.87. The molecule has 0 saturated carbocycles. The molecular weight excluding hydrogens is 186 g/mol. The van der Waals surface area contributed by atoms with Crippen molar-refractivity contribution in [3.05, 3.63) is 24.3 Å². The van der Waals surface area contributed by atoms with E-state index in [-0.39, 0.29) is 5.91 Å². The smallest absolute Gasteiger partial charge is 0.219 e. The second-order valence-electron chi connectivity index (χ2n) is 4.03. The van der Waals surface area contributed by atoms with Gasteiger partial charge in [-0.05, 0) is 32.1 Å². The van der Waals surface area contributed by atoms with Gasteiger partial charge in [-0.15, -0.1) is 0 Å². The van der Waals surface area contributed by atoms with Crippen LogP contribution in [-0.2, 0) is 4.79 Å². The lowest BCUT2D eigenvalue weighted by atomic mass is 9.94. The van der Waals surface area contributed by atoms with Gasteiger partial charge in [0, 0.05) is 20.0 Å². The highest BCUT2D eigenvalue weighted by molar-refractivity contribution is 5.73. The van der Waals surface area contributed by atoms with Gasteiger partial charge in [0.15, 0.2) is 0 Å². The fourth-order valence-corrected chi connectivity index (χ4v) is 1.85. The molecule has 2 nitrogen and oxygen atoms in total. The highest BCUT2D eigenvalue weighted by Crippen LogP contribution is 2.18. The van der Waals surface area contributed by atoms with Crippen LogP contribution in [0.4, 0.5) is 0 Å². The minimum atomic E-state index is 0.158. The van der Waals surface area contributed by atoms with Gasteiger partial charge in [-0.2, -0.15) is 0 Å². The molecule has 0 fully saturated rings. The normalized spacial score (nSPS) is 20.8. The van der Waals surface area contributed by atoms with Crippen LogP contribution in [0, 0.1) is 5.92 Å². The van der Waals surface area contributed by atoms with Crippen molar-refractivity contribution in [1.82, 2.24) is 4.90 Å². The molecule has 0 aliphatic heterocycles. The van der Waals surface area contributed by atoms with E-state index in [9.17, 15) is 4.79 Å². The maximum absolute atomic E-state index is 11.1. The molecule has 1 amide bonds. The van der Waals surface area contributed by atoms with E-state index >= 15 is 0 Å². The highest BCUT2D eigenvalue weighted by atomic mass is 16.2. The maximum atomic E-state index is 11.1. The van der Waals surface area contributed by atoms with Gasteiger partial charge in [0.25, 0.3) is 0 Å². The zero-order valence-corrected chi connectivity index (χ0v) is 9.78. The summed E-state index contributed by atoms with van der Waals surface area (Å²) in [6, 6.07) is 0. The number of likely N-dealkylation sites (N-methyl/N-ethyl adjacent to an activating group) is 1. The minimum absolute atomic E-state index is 0.158. The molecule has 1 aliphatic rings. The van der Waals surface area contributed by atoms with Crippen molar-refractivity contribution in [1.29, 1.82) is 0 Å². The van der Waals surface area contributed by atoms with E-state index in [0.29, 0.717) is 5.92 Å². The molecule has 0 N–H and O–H groups in total. The third-order valence-corrected chi connectivity index (χ3v) is 2.87. The van der Waals surface area contributed by atoms with Crippen LogP contribution in [0.3, 0.4) is 0 Å². The van der Waals surface area contributed by atoms with Gasteiger partial charge in [-0.1, -0.05) is 24.3 Å². The largest absolute Gasteiger partial charge is 0.340 e. The molecule has 0 saturated heterocycles. The molecule has 1 rings (SSSR count). The quantitative estimate of drug-likeness (QED) is 0.649. The molecule has 1 aliphatic carbocycles. The van der Waals surface area contributed by atoms with E-state index in [1.165, 1.54) is 12.8 Å². The van der Waals surface area contributed by atoms with Crippen LogP contribution in [-0.4, -0.2) is 23.9 Å². The van der Waals surface area contributed by atoms with Crippen LogP contribution in [0.25, 0.3) is 0 Å². The van der Waals surface area contributed by atoms with Gasteiger partial charge in [0.05, 0.1) is 0 Å². The Balaban J connectivity index is 2.31. The molecule has 0 spiro atoms. The second kappa shape index (κ2) is 6.44. The number of hydrogen-bond donors (Lipinski definition) is 0. The summed E-state index contributed by atoms with van der Waals surface area (Å²) in [5.41, 5.74) is 0. The molecule has 0 bridgehead atoms. The number of rotatable bonds is 4. The van der Waals surface area contributed by atoms with Crippen molar-refractivity contribution in [3.63, 3.8) is 0 Å². The summed E-state index contributed by atoms with van der Waals surface area (Å²) in [6.07, 6.45) is 12.5. The summed E-state index contributed by atoms with van der Waals surface area (Å²) >= 11 is 0. The fraction of sp³-hybridized carbons (Fsp3) is 0.615. The molecule has 0 aromatic heterocycles. The molecule has 0 heterocycles. The van der Waals surface area contributed by atoms with E-state index in [1.807, 2.05) is 11.8 Å². The molecule has 15 heavy (non-hydrogen) atoms. The number of hydrogen-bond acceptors (Lipinski definition) is 1. The molecule has 1 unspecified atom stereocenters. The van der Waals surface area contributed by atoms with Gasteiger partial charge in [0.2, 0.25) is 5.91 Å². The van der Waals surface area contributed by atoms with Crippen LogP contribution in [0.5, 0.6) is 0 Å². The first kappa shape index (κ1) is 12.0. The van der Waals surface area contributed by atoms with Crippen molar-refractivity contribution < 1.29 is 4.79 Å². The van der Waals surface area contributed by atoms with Crippen molar-refractivity contribution in [2.45, 2.75) is 33.1 Å². The van der Waals surface area contributed by atoms with Crippen LogP contribution < -0.4 is 0 Å². The monoisotopic (exact) mass is 207 g/mol. The highest BCUT2D eigenvalue weighted by Gasteiger charge is 2.06. The van der Waals surface area contributed by atoms with Crippen LogP contribution in [0.15, 0.2) is 24.3 Å². The number of carbonyl (C=O) groups excluding carboxylic acids is 1. The summed E-state index contributed by atoms with van der Waals surface area (Å²) in [7, 11) is 0. The van der Waals surface area contributed by atoms with E-state index in [4.69, 9.17) is 0 Å². The van der Waals surface area contributed by atoms with Gasteiger partial charge in [-0.25, -0.2) is 0 Å². The molecule has 0 radical (unpaired) electrons. The first-order valence-corrected chi connectivity index (χ1v) is 5.81. The first-order chi connectivity index (χ1) is 7.24. The first-order valence-electron chi connectivity index (χ1n) is 5.81. The Kier molecular flexibility index (Phi) is 5.16. The van der Waals surface area contributed by atoms with E-state index < -0.39 is 0 Å². The van der Waals surface area contributed by atoms with Crippen molar-refractivity contribution >= 4 is 5.91 Å². The summed E-state index contributed by atoms with van der Waals surface area (Å²) in [5.74, 6) is 0.839. The molecule has 84 valence electrons. The van der Waals surface area contributed by atoms with Crippen LogP contribution in [0.2, 0.25) is 0 Å². The Bertz CT molecular complexity index is 255. The number of carbonyl (C=O) groups is 1. The molecule has 0 aromatic rings. The lowest BCUT2D eigenvalue weighted by molar-refractivity contribution is -0.128. The summed E-state index contributed by atoms with van der Waals surface area (Å²) < 4.78 is 0. The summed E-state index contributed by atoms with van der Waals surface area (Å²) in [4.78, 5) is 13.0.